The minimum atomic E-state index is -0.366. The summed E-state index contributed by atoms with van der Waals surface area (Å²) in [4.78, 5) is 9.13. The molecule has 0 aliphatic heterocycles. The van der Waals surface area contributed by atoms with Gasteiger partial charge in [0.25, 0.3) is 0 Å². The lowest BCUT2D eigenvalue weighted by atomic mass is 10.2. The minimum Gasteiger partial charge on any atom is -0.369 e. The third-order valence-corrected chi connectivity index (χ3v) is 4.37. The van der Waals surface area contributed by atoms with Crippen molar-refractivity contribution in [1.82, 2.24) is 9.97 Å². The fourth-order valence-corrected chi connectivity index (χ4v) is 2.93. The van der Waals surface area contributed by atoms with Crippen molar-refractivity contribution in [2.24, 2.45) is 0 Å². The lowest BCUT2D eigenvalue weighted by Gasteiger charge is -2.12. The van der Waals surface area contributed by atoms with E-state index in [9.17, 15) is 4.39 Å². The average Bonchev–Trinajstić information content (AvgIpc) is 2.43. The summed E-state index contributed by atoms with van der Waals surface area (Å²) in [7, 11) is 0. The normalized spacial score (nSPS) is 10.7. The molecule has 0 unspecified atom stereocenters. The molecule has 0 saturated carbocycles. The highest BCUT2D eigenvalue weighted by atomic mass is 127. The molecular formula is C15H16ClFIN3. The molecule has 0 atom stereocenters. The van der Waals surface area contributed by atoms with Gasteiger partial charge in [-0.05, 0) is 54.1 Å². The van der Waals surface area contributed by atoms with Gasteiger partial charge in [-0.2, -0.15) is 0 Å². The Labute approximate surface area is 142 Å². The summed E-state index contributed by atoms with van der Waals surface area (Å²) < 4.78 is 14.2. The maximum absolute atomic E-state index is 13.2. The number of rotatable bonds is 5. The van der Waals surface area contributed by atoms with Gasteiger partial charge in [0.15, 0.2) is 5.82 Å². The molecule has 0 fully saturated rings. The maximum atomic E-state index is 13.2. The topological polar surface area (TPSA) is 37.8 Å². The molecular weight excluding hydrogens is 404 g/mol. The zero-order chi connectivity index (χ0) is 15.4. The molecule has 0 spiro atoms. The number of nitrogens with zero attached hydrogens (tertiary/aromatic N) is 2. The van der Waals surface area contributed by atoms with Crippen LogP contribution in [0.15, 0.2) is 18.2 Å². The summed E-state index contributed by atoms with van der Waals surface area (Å²) >= 11 is 8.38. The van der Waals surface area contributed by atoms with Crippen LogP contribution in [0.2, 0.25) is 5.02 Å². The number of halogens is 3. The lowest BCUT2D eigenvalue weighted by Crippen LogP contribution is -2.08. The van der Waals surface area contributed by atoms with E-state index in [-0.39, 0.29) is 5.82 Å². The van der Waals surface area contributed by atoms with E-state index in [1.807, 2.05) is 6.92 Å². The van der Waals surface area contributed by atoms with Crippen molar-refractivity contribution in [3.63, 3.8) is 0 Å². The molecule has 0 saturated heterocycles. The average molecular weight is 420 g/mol. The third-order valence-electron chi connectivity index (χ3n) is 2.92. The van der Waals surface area contributed by atoms with E-state index in [0.29, 0.717) is 16.4 Å². The number of aromatic nitrogens is 2. The highest BCUT2D eigenvalue weighted by Gasteiger charge is 2.14. The molecule has 2 aromatic rings. The van der Waals surface area contributed by atoms with Crippen LogP contribution in [0.4, 0.5) is 10.2 Å². The number of benzene rings is 1. The van der Waals surface area contributed by atoms with Crippen molar-refractivity contribution >= 4 is 40.0 Å². The van der Waals surface area contributed by atoms with Gasteiger partial charge in [-0.3, -0.25) is 0 Å². The molecule has 3 nitrogen and oxygen atoms in total. The molecule has 2 rings (SSSR count). The number of hydrogen-bond donors (Lipinski definition) is 1. The van der Waals surface area contributed by atoms with Crippen LogP contribution >= 0.6 is 34.2 Å². The molecule has 0 bridgehead atoms. The molecule has 1 aromatic carbocycles. The summed E-state index contributed by atoms with van der Waals surface area (Å²) in [5, 5.41) is 3.56. The van der Waals surface area contributed by atoms with E-state index in [4.69, 9.17) is 11.6 Å². The predicted octanol–water partition coefficient (Wildman–Crippen LogP) is 4.93. The van der Waals surface area contributed by atoms with E-state index < -0.39 is 0 Å². The summed E-state index contributed by atoms with van der Waals surface area (Å²) in [6.45, 7) is 4.90. The first-order chi connectivity index (χ1) is 10.1. The molecule has 1 aromatic heterocycles. The molecule has 0 radical (unpaired) electrons. The highest BCUT2D eigenvalue weighted by Crippen LogP contribution is 2.29. The zero-order valence-electron chi connectivity index (χ0n) is 11.9. The Bertz CT molecular complexity index is 622. The maximum Gasteiger partial charge on any atom is 0.163 e. The van der Waals surface area contributed by atoms with Gasteiger partial charge < -0.3 is 5.32 Å². The SMILES string of the molecule is CCCc1nc(-c2ccc(F)cc2Cl)nc(NCC)c1I. The summed E-state index contributed by atoms with van der Waals surface area (Å²) in [6.07, 6.45) is 1.86. The van der Waals surface area contributed by atoms with Crippen LogP contribution in [-0.2, 0) is 6.42 Å². The predicted molar refractivity (Wildman–Crippen MR) is 93.3 cm³/mol. The van der Waals surface area contributed by atoms with Crippen molar-refractivity contribution in [2.45, 2.75) is 26.7 Å². The Morgan fingerprint density at radius 1 is 1.29 bits per heavy atom. The molecule has 0 aliphatic rings. The van der Waals surface area contributed by atoms with Gasteiger partial charge in [0, 0.05) is 12.1 Å². The number of anilines is 1. The first kappa shape index (κ1) is 16.4. The smallest absolute Gasteiger partial charge is 0.163 e. The van der Waals surface area contributed by atoms with E-state index in [1.165, 1.54) is 12.1 Å². The van der Waals surface area contributed by atoms with Crippen molar-refractivity contribution in [2.75, 3.05) is 11.9 Å². The van der Waals surface area contributed by atoms with Gasteiger partial charge in [0.1, 0.15) is 11.6 Å². The first-order valence-corrected chi connectivity index (χ1v) is 8.28. The lowest BCUT2D eigenvalue weighted by molar-refractivity contribution is 0.628. The van der Waals surface area contributed by atoms with Crippen LogP contribution in [0.3, 0.4) is 0 Å². The Morgan fingerprint density at radius 2 is 2.05 bits per heavy atom. The van der Waals surface area contributed by atoms with E-state index in [1.54, 1.807) is 6.07 Å². The van der Waals surface area contributed by atoms with Gasteiger partial charge in [-0.1, -0.05) is 24.9 Å². The number of aryl methyl sites for hydroxylation is 1. The standard InChI is InChI=1S/C15H16ClFIN3/c1-3-5-12-13(18)15(19-4-2)21-14(20-12)10-7-6-9(17)8-11(10)16/h6-8H,3-5H2,1-2H3,(H,19,20,21). The Kier molecular flexibility index (Phi) is 5.75. The third kappa shape index (κ3) is 3.83. The molecule has 1 N–H and O–H groups in total. The molecule has 6 heteroatoms. The second kappa shape index (κ2) is 7.35. The molecule has 21 heavy (non-hydrogen) atoms. The Balaban J connectivity index is 2.56. The summed E-state index contributed by atoms with van der Waals surface area (Å²) in [5.41, 5.74) is 1.63. The van der Waals surface area contributed by atoms with Crippen molar-refractivity contribution in [3.8, 4) is 11.4 Å². The van der Waals surface area contributed by atoms with Crippen LogP contribution in [0.25, 0.3) is 11.4 Å². The largest absolute Gasteiger partial charge is 0.369 e. The summed E-state index contributed by atoms with van der Waals surface area (Å²) in [5.74, 6) is 0.960. The molecule has 112 valence electrons. The van der Waals surface area contributed by atoms with Gasteiger partial charge in [0.2, 0.25) is 0 Å². The second-order valence-corrected chi connectivity index (χ2v) is 6.05. The quantitative estimate of drug-likeness (QED) is 0.699. The van der Waals surface area contributed by atoms with Gasteiger partial charge in [-0.25, -0.2) is 14.4 Å². The second-order valence-electron chi connectivity index (χ2n) is 4.56. The Morgan fingerprint density at radius 3 is 2.67 bits per heavy atom. The van der Waals surface area contributed by atoms with Gasteiger partial charge in [0.05, 0.1) is 14.3 Å². The van der Waals surface area contributed by atoms with Crippen LogP contribution in [0.1, 0.15) is 26.0 Å². The number of hydrogen-bond acceptors (Lipinski definition) is 3. The van der Waals surface area contributed by atoms with E-state index in [2.05, 4.69) is 44.8 Å². The van der Waals surface area contributed by atoms with Crippen LogP contribution in [0.5, 0.6) is 0 Å². The fourth-order valence-electron chi connectivity index (χ4n) is 1.97. The monoisotopic (exact) mass is 419 g/mol. The Hall–Kier alpha value is -0.950. The number of nitrogens with one attached hydrogen (secondary N) is 1. The first-order valence-electron chi connectivity index (χ1n) is 6.82. The van der Waals surface area contributed by atoms with Crippen LogP contribution in [0, 0.1) is 9.39 Å². The van der Waals surface area contributed by atoms with Crippen molar-refractivity contribution < 1.29 is 4.39 Å². The van der Waals surface area contributed by atoms with Crippen LogP contribution < -0.4 is 5.32 Å². The molecule has 1 heterocycles. The molecule has 0 amide bonds. The molecule has 0 aliphatic carbocycles. The zero-order valence-corrected chi connectivity index (χ0v) is 14.8. The van der Waals surface area contributed by atoms with Gasteiger partial charge in [-0.15, -0.1) is 0 Å². The van der Waals surface area contributed by atoms with Gasteiger partial charge >= 0.3 is 0 Å². The minimum absolute atomic E-state index is 0.320. The van der Waals surface area contributed by atoms with Crippen molar-refractivity contribution in [3.05, 3.63) is 38.3 Å². The van der Waals surface area contributed by atoms with E-state index >= 15 is 0 Å². The van der Waals surface area contributed by atoms with Crippen molar-refractivity contribution in [1.29, 1.82) is 0 Å². The van der Waals surface area contributed by atoms with E-state index in [0.717, 1.165) is 34.5 Å². The van der Waals surface area contributed by atoms with Crippen LogP contribution in [-0.4, -0.2) is 16.5 Å². The fraction of sp³-hybridized carbons (Fsp3) is 0.333. The summed E-state index contributed by atoms with van der Waals surface area (Å²) in [6, 6.07) is 4.27. The highest BCUT2D eigenvalue weighted by molar-refractivity contribution is 14.1.